The Balaban J connectivity index is 1.75. The van der Waals surface area contributed by atoms with Crippen LogP contribution in [0.3, 0.4) is 0 Å². The fourth-order valence-electron chi connectivity index (χ4n) is 2.52. The molecule has 1 fully saturated rings. The van der Waals surface area contributed by atoms with Gasteiger partial charge in [-0.1, -0.05) is 31.2 Å². The molecule has 114 valence electrons. The fraction of sp³-hybridized carbons (Fsp3) is 0.294. The van der Waals surface area contributed by atoms with Crippen molar-refractivity contribution in [3.63, 3.8) is 0 Å². The maximum absolute atomic E-state index is 13.3. The van der Waals surface area contributed by atoms with Gasteiger partial charge in [-0.15, -0.1) is 0 Å². The highest BCUT2D eigenvalue weighted by Gasteiger charge is 2.28. The van der Waals surface area contributed by atoms with Crippen LogP contribution in [0.1, 0.15) is 13.3 Å². The van der Waals surface area contributed by atoms with Gasteiger partial charge in [0.2, 0.25) is 0 Å². The van der Waals surface area contributed by atoms with Crippen LogP contribution < -0.4 is 5.46 Å². The predicted molar refractivity (Wildman–Crippen MR) is 82.9 cm³/mol. The van der Waals surface area contributed by atoms with Crippen molar-refractivity contribution in [3.8, 4) is 11.1 Å². The molecule has 0 amide bonds. The Hall–Kier alpha value is -1.72. The molecule has 0 bridgehead atoms. The van der Waals surface area contributed by atoms with Crippen molar-refractivity contribution in [2.75, 3.05) is 13.2 Å². The van der Waals surface area contributed by atoms with Crippen LogP contribution >= 0.6 is 0 Å². The highest BCUT2D eigenvalue weighted by atomic mass is 19.1. The van der Waals surface area contributed by atoms with E-state index < -0.39 is 11.6 Å². The van der Waals surface area contributed by atoms with Crippen LogP contribution in [0, 0.1) is 17.6 Å². The van der Waals surface area contributed by atoms with E-state index in [-0.39, 0.29) is 7.12 Å². The van der Waals surface area contributed by atoms with E-state index in [2.05, 4.69) is 6.92 Å². The molecule has 0 atom stereocenters. The molecule has 0 spiro atoms. The van der Waals surface area contributed by atoms with Gasteiger partial charge in [0.25, 0.3) is 0 Å². The Labute approximate surface area is 129 Å². The molecule has 1 heterocycles. The smallest absolute Gasteiger partial charge is 0.407 e. The predicted octanol–water partition coefficient (Wildman–Crippen LogP) is 3.40. The van der Waals surface area contributed by atoms with Gasteiger partial charge < -0.3 is 9.31 Å². The first-order chi connectivity index (χ1) is 10.7. The highest BCUT2D eigenvalue weighted by molar-refractivity contribution is 6.61. The summed E-state index contributed by atoms with van der Waals surface area (Å²) < 4.78 is 38.0. The fourth-order valence-corrected chi connectivity index (χ4v) is 2.52. The van der Waals surface area contributed by atoms with E-state index in [0.717, 1.165) is 23.5 Å². The van der Waals surface area contributed by atoms with Crippen LogP contribution in [0.4, 0.5) is 8.78 Å². The summed E-state index contributed by atoms with van der Waals surface area (Å²) in [6, 6.07) is 10.9. The minimum absolute atomic E-state index is 0.360. The highest BCUT2D eigenvalue weighted by Crippen LogP contribution is 2.21. The molecule has 0 unspecified atom stereocenters. The number of rotatable bonds is 3. The van der Waals surface area contributed by atoms with E-state index in [9.17, 15) is 8.78 Å². The lowest BCUT2D eigenvalue weighted by molar-refractivity contribution is 0.0850. The Kier molecular flexibility index (Phi) is 4.55. The SMILES string of the molecule is CCC1COB(c2ccc(-c3cc(F)cc(F)c3)cc2)OC1. The second-order valence-electron chi connectivity index (χ2n) is 5.55. The van der Waals surface area contributed by atoms with E-state index in [4.69, 9.17) is 9.31 Å². The monoisotopic (exact) mass is 302 g/mol. The third-order valence-corrected chi connectivity index (χ3v) is 3.92. The largest absolute Gasteiger partial charge is 0.493 e. The van der Waals surface area contributed by atoms with Crippen LogP contribution in [-0.4, -0.2) is 20.3 Å². The number of hydrogen-bond donors (Lipinski definition) is 0. The Morgan fingerprint density at radius 3 is 2.09 bits per heavy atom. The topological polar surface area (TPSA) is 18.5 Å². The van der Waals surface area contributed by atoms with Crippen molar-refractivity contribution < 1.29 is 18.1 Å². The van der Waals surface area contributed by atoms with Crippen LogP contribution in [-0.2, 0) is 9.31 Å². The normalized spacial score (nSPS) is 16.0. The molecular weight excluding hydrogens is 285 g/mol. The average Bonchev–Trinajstić information content (AvgIpc) is 2.54. The van der Waals surface area contributed by atoms with Crippen molar-refractivity contribution in [3.05, 3.63) is 54.1 Å². The Morgan fingerprint density at radius 2 is 1.55 bits per heavy atom. The average molecular weight is 302 g/mol. The van der Waals surface area contributed by atoms with Gasteiger partial charge in [0.1, 0.15) is 11.6 Å². The van der Waals surface area contributed by atoms with Gasteiger partial charge >= 0.3 is 7.12 Å². The summed E-state index contributed by atoms with van der Waals surface area (Å²) >= 11 is 0. The van der Waals surface area contributed by atoms with E-state index >= 15 is 0 Å². The maximum Gasteiger partial charge on any atom is 0.493 e. The molecule has 0 aliphatic carbocycles. The number of halogens is 2. The Morgan fingerprint density at radius 1 is 0.955 bits per heavy atom. The lowest BCUT2D eigenvalue weighted by atomic mass is 9.77. The third kappa shape index (κ3) is 3.37. The number of benzene rings is 2. The lowest BCUT2D eigenvalue weighted by Crippen LogP contribution is -2.44. The molecule has 1 aliphatic heterocycles. The molecule has 22 heavy (non-hydrogen) atoms. The van der Waals surface area contributed by atoms with E-state index in [1.54, 1.807) is 0 Å². The summed E-state index contributed by atoms with van der Waals surface area (Å²) in [7, 11) is -0.360. The van der Waals surface area contributed by atoms with Crippen LogP contribution in [0.5, 0.6) is 0 Å². The molecule has 0 aromatic heterocycles. The molecule has 0 N–H and O–H groups in total. The Bertz CT molecular complexity index is 617. The van der Waals surface area contributed by atoms with Gasteiger partial charge in [-0.3, -0.25) is 0 Å². The second kappa shape index (κ2) is 6.59. The minimum Gasteiger partial charge on any atom is -0.407 e. The summed E-state index contributed by atoms with van der Waals surface area (Å²) in [6.45, 7) is 3.50. The summed E-state index contributed by atoms with van der Waals surface area (Å²) in [5.74, 6) is -0.710. The van der Waals surface area contributed by atoms with E-state index in [0.29, 0.717) is 24.7 Å². The molecule has 0 saturated carbocycles. The van der Waals surface area contributed by atoms with Gasteiger partial charge in [0.15, 0.2) is 0 Å². The first-order valence-electron chi connectivity index (χ1n) is 7.45. The van der Waals surface area contributed by atoms with Crippen molar-refractivity contribution in [1.82, 2.24) is 0 Å². The first-order valence-corrected chi connectivity index (χ1v) is 7.45. The number of hydrogen-bond acceptors (Lipinski definition) is 2. The second-order valence-corrected chi connectivity index (χ2v) is 5.55. The minimum atomic E-state index is -0.580. The van der Waals surface area contributed by atoms with Crippen molar-refractivity contribution >= 4 is 12.6 Å². The zero-order chi connectivity index (χ0) is 15.5. The summed E-state index contributed by atoms with van der Waals surface area (Å²) in [5, 5.41) is 0. The molecule has 1 aliphatic rings. The standard InChI is InChI=1S/C17H17BF2O2/c1-2-12-10-21-18(22-11-12)15-5-3-13(4-6-15)14-7-16(19)9-17(20)8-14/h3-9,12H,2,10-11H2,1H3. The van der Waals surface area contributed by atoms with Gasteiger partial charge in [0.05, 0.1) is 0 Å². The summed E-state index contributed by atoms with van der Waals surface area (Å²) in [4.78, 5) is 0. The molecule has 2 aromatic carbocycles. The van der Waals surface area contributed by atoms with E-state index in [1.807, 2.05) is 24.3 Å². The van der Waals surface area contributed by atoms with Crippen LogP contribution in [0.15, 0.2) is 42.5 Å². The third-order valence-electron chi connectivity index (χ3n) is 3.92. The lowest BCUT2D eigenvalue weighted by Gasteiger charge is -2.26. The molecule has 2 nitrogen and oxygen atoms in total. The molecule has 3 rings (SSSR count). The molecule has 5 heteroatoms. The van der Waals surface area contributed by atoms with Gasteiger partial charge in [-0.25, -0.2) is 8.78 Å². The maximum atomic E-state index is 13.3. The summed E-state index contributed by atoms with van der Waals surface area (Å²) in [6.07, 6.45) is 1.04. The van der Waals surface area contributed by atoms with Gasteiger partial charge in [-0.2, -0.15) is 0 Å². The quantitative estimate of drug-likeness (QED) is 0.809. The van der Waals surface area contributed by atoms with Crippen molar-refractivity contribution in [1.29, 1.82) is 0 Å². The summed E-state index contributed by atoms with van der Waals surface area (Å²) in [5.41, 5.74) is 2.18. The molecular formula is C17H17BF2O2. The van der Waals surface area contributed by atoms with Gasteiger partial charge in [0, 0.05) is 25.2 Å². The molecule has 2 aromatic rings. The van der Waals surface area contributed by atoms with Crippen LogP contribution in [0.25, 0.3) is 11.1 Å². The van der Waals surface area contributed by atoms with Crippen molar-refractivity contribution in [2.45, 2.75) is 13.3 Å². The van der Waals surface area contributed by atoms with Crippen molar-refractivity contribution in [2.24, 2.45) is 5.92 Å². The molecule has 1 saturated heterocycles. The zero-order valence-electron chi connectivity index (χ0n) is 12.4. The van der Waals surface area contributed by atoms with Gasteiger partial charge in [-0.05, 0) is 35.1 Å². The zero-order valence-corrected chi connectivity index (χ0v) is 12.4. The van der Waals surface area contributed by atoms with Crippen LogP contribution in [0.2, 0.25) is 0 Å². The first kappa shape index (κ1) is 15.2. The van der Waals surface area contributed by atoms with E-state index in [1.165, 1.54) is 12.1 Å². The molecule has 0 radical (unpaired) electrons.